The predicted octanol–water partition coefficient (Wildman–Crippen LogP) is 4.33. The minimum Gasteiger partial charge on any atom is -0.383 e. The highest BCUT2D eigenvalue weighted by molar-refractivity contribution is 7.21. The van der Waals surface area contributed by atoms with Crippen LogP contribution in [0.4, 0.5) is 0 Å². The van der Waals surface area contributed by atoms with Gasteiger partial charge in [-0.3, -0.25) is 9.69 Å². The van der Waals surface area contributed by atoms with Gasteiger partial charge in [0.05, 0.1) is 11.5 Å². The van der Waals surface area contributed by atoms with Crippen LogP contribution in [0.2, 0.25) is 0 Å². The summed E-state index contributed by atoms with van der Waals surface area (Å²) in [7, 11) is 1.66. The molecule has 1 aliphatic heterocycles. The Morgan fingerprint density at radius 1 is 1.33 bits per heavy atom. The van der Waals surface area contributed by atoms with Gasteiger partial charge in [-0.1, -0.05) is 38.5 Å². The van der Waals surface area contributed by atoms with E-state index >= 15 is 0 Å². The monoisotopic (exact) mass is 388 g/mol. The third kappa shape index (κ3) is 5.09. The largest absolute Gasteiger partial charge is 0.383 e. The van der Waals surface area contributed by atoms with E-state index in [1.807, 2.05) is 0 Å². The first-order chi connectivity index (χ1) is 13.1. The second kappa shape index (κ2) is 9.67. The van der Waals surface area contributed by atoms with Gasteiger partial charge in [-0.05, 0) is 48.7 Å². The van der Waals surface area contributed by atoms with Gasteiger partial charge in [0.25, 0.3) is 5.91 Å². The smallest absolute Gasteiger partial charge is 0.261 e. The van der Waals surface area contributed by atoms with Crippen molar-refractivity contribution in [2.45, 2.75) is 45.6 Å². The number of nitrogens with one attached hydrogen (secondary N) is 1. The Morgan fingerprint density at radius 2 is 2.15 bits per heavy atom. The number of carbonyl (C=O) groups is 1. The number of amides is 1. The van der Waals surface area contributed by atoms with E-state index in [2.05, 4.69) is 48.3 Å². The molecule has 1 aromatic heterocycles. The number of hydrogen-bond acceptors (Lipinski definition) is 4. The Morgan fingerprint density at radius 3 is 2.93 bits per heavy atom. The number of nitrogens with zero attached hydrogens (tertiary/aromatic N) is 1. The topological polar surface area (TPSA) is 41.6 Å². The lowest BCUT2D eigenvalue weighted by molar-refractivity contribution is 0.0938. The van der Waals surface area contributed by atoms with Crippen LogP contribution in [0.3, 0.4) is 0 Å². The van der Waals surface area contributed by atoms with Gasteiger partial charge in [0.2, 0.25) is 0 Å². The SMILES string of the molecule is COCCNC(=O)c1sc2ccccc2c1CC1CCCCN1CC(C)C. The highest BCUT2D eigenvalue weighted by Crippen LogP contribution is 2.34. The maximum atomic E-state index is 12.8. The number of ether oxygens (including phenoxy) is 1. The minimum absolute atomic E-state index is 0.0365. The maximum absolute atomic E-state index is 12.8. The van der Waals surface area contributed by atoms with Gasteiger partial charge in [-0.25, -0.2) is 0 Å². The molecular formula is C22H32N2O2S. The molecule has 2 heterocycles. The van der Waals surface area contributed by atoms with Crippen LogP contribution in [0.25, 0.3) is 10.1 Å². The highest BCUT2D eigenvalue weighted by Gasteiger charge is 2.27. The van der Waals surface area contributed by atoms with E-state index in [9.17, 15) is 4.79 Å². The molecule has 0 bridgehead atoms. The van der Waals surface area contributed by atoms with Crippen molar-refractivity contribution in [3.63, 3.8) is 0 Å². The summed E-state index contributed by atoms with van der Waals surface area (Å²) < 4.78 is 6.28. The highest BCUT2D eigenvalue weighted by atomic mass is 32.1. The molecule has 4 nitrogen and oxygen atoms in total. The zero-order valence-corrected chi connectivity index (χ0v) is 17.6. The summed E-state index contributed by atoms with van der Waals surface area (Å²) in [6.07, 6.45) is 4.76. The fourth-order valence-corrected chi connectivity index (χ4v) is 5.22. The van der Waals surface area contributed by atoms with Gasteiger partial charge >= 0.3 is 0 Å². The van der Waals surface area contributed by atoms with Crippen LogP contribution in [0.1, 0.15) is 48.3 Å². The van der Waals surface area contributed by atoms with E-state index < -0.39 is 0 Å². The van der Waals surface area contributed by atoms with Crippen molar-refractivity contribution < 1.29 is 9.53 Å². The van der Waals surface area contributed by atoms with E-state index in [-0.39, 0.29) is 5.91 Å². The van der Waals surface area contributed by atoms with Crippen molar-refractivity contribution in [3.05, 3.63) is 34.7 Å². The Kier molecular flexibility index (Phi) is 7.27. The molecule has 1 aliphatic rings. The second-order valence-electron chi connectivity index (χ2n) is 7.90. The Balaban J connectivity index is 1.87. The molecule has 148 valence electrons. The Bertz CT molecular complexity index is 756. The van der Waals surface area contributed by atoms with Crippen molar-refractivity contribution in [3.8, 4) is 0 Å². The van der Waals surface area contributed by atoms with Gasteiger partial charge in [0, 0.05) is 30.9 Å². The molecule has 0 aliphatic carbocycles. The predicted molar refractivity (Wildman–Crippen MR) is 114 cm³/mol. The Labute approximate surface area is 166 Å². The minimum atomic E-state index is 0.0365. The van der Waals surface area contributed by atoms with E-state index in [0.717, 1.165) is 17.8 Å². The second-order valence-corrected chi connectivity index (χ2v) is 8.95. The van der Waals surface area contributed by atoms with Crippen LogP contribution < -0.4 is 5.32 Å². The summed E-state index contributed by atoms with van der Waals surface area (Å²) in [6, 6.07) is 8.97. The van der Waals surface area contributed by atoms with Gasteiger partial charge < -0.3 is 10.1 Å². The van der Waals surface area contributed by atoms with Crippen LogP contribution in [-0.2, 0) is 11.2 Å². The van der Waals surface area contributed by atoms with E-state index in [4.69, 9.17) is 4.74 Å². The third-order valence-electron chi connectivity index (χ3n) is 5.28. The van der Waals surface area contributed by atoms with Crippen molar-refractivity contribution in [1.29, 1.82) is 0 Å². The number of methoxy groups -OCH3 is 1. The van der Waals surface area contributed by atoms with Crippen molar-refractivity contribution >= 4 is 27.3 Å². The lowest BCUT2D eigenvalue weighted by Gasteiger charge is -2.37. The quantitative estimate of drug-likeness (QED) is 0.685. The number of rotatable bonds is 8. The van der Waals surface area contributed by atoms with Crippen molar-refractivity contribution in [2.24, 2.45) is 5.92 Å². The van der Waals surface area contributed by atoms with E-state index in [1.54, 1.807) is 18.4 Å². The number of carbonyl (C=O) groups excluding carboxylic acids is 1. The molecule has 1 N–H and O–H groups in total. The first kappa shape index (κ1) is 20.3. The molecule has 0 saturated carbocycles. The molecule has 1 amide bonds. The number of thiophene rings is 1. The third-order valence-corrected chi connectivity index (χ3v) is 6.50. The number of hydrogen-bond donors (Lipinski definition) is 1. The van der Waals surface area contributed by atoms with E-state index in [0.29, 0.717) is 25.1 Å². The fourth-order valence-electron chi connectivity index (χ4n) is 4.07. The summed E-state index contributed by atoms with van der Waals surface area (Å²) in [5.41, 5.74) is 1.23. The summed E-state index contributed by atoms with van der Waals surface area (Å²) >= 11 is 1.62. The first-order valence-electron chi connectivity index (χ1n) is 10.1. The normalized spacial score (nSPS) is 18.3. The van der Waals surface area contributed by atoms with Crippen LogP contribution in [-0.4, -0.2) is 50.2 Å². The molecule has 0 spiro atoms. The molecule has 2 aromatic rings. The average Bonchev–Trinajstić information content (AvgIpc) is 3.02. The maximum Gasteiger partial charge on any atom is 0.261 e. The van der Waals surface area contributed by atoms with Crippen molar-refractivity contribution in [1.82, 2.24) is 10.2 Å². The van der Waals surface area contributed by atoms with Gasteiger partial charge in [0.15, 0.2) is 0 Å². The zero-order valence-electron chi connectivity index (χ0n) is 16.8. The molecule has 1 unspecified atom stereocenters. The molecule has 1 aromatic carbocycles. The fraction of sp³-hybridized carbons (Fsp3) is 0.591. The molecular weight excluding hydrogens is 356 g/mol. The molecule has 5 heteroatoms. The van der Waals surface area contributed by atoms with Crippen LogP contribution >= 0.6 is 11.3 Å². The summed E-state index contributed by atoms with van der Waals surface area (Å²) in [4.78, 5) is 16.4. The number of benzene rings is 1. The van der Waals surface area contributed by atoms with Gasteiger partial charge in [0.1, 0.15) is 0 Å². The standard InChI is InChI=1S/C22H32N2O2S/c1-16(2)15-24-12-7-6-8-17(24)14-19-18-9-4-5-10-20(18)27-21(19)22(25)23-11-13-26-3/h4-5,9-10,16-17H,6-8,11-15H2,1-3H3,(H,23,25). The van der Waals surface area contributed by atoms with Gasteiger partial charge in [-0.2, -0.15) is 0 Å². The van der Waals surface area contributed by atoms with E-state index in [1.165, 1.54) is 41.5 Å². The summed E-state index contributed by atoms with van der Waals surface area (Å²) in [5.74, 6) is 0.705. The lowest BCUT2D eigenvalue weighted by atomic mass is 9.93. The molecule has 1 fully saturated rings. The van der Waals surface area contributed by atoms with Crippen LogP contribution in [0, 0.1) is 5.92 Å². The number of piperidine rings is 1. The number of fused-ring (bicyclic) bond motifs is 1. The lowest BCUT2D eigenvalue weighted by Crippen LogP contribution is -2.43. The van der Waals surface area contributed by atoms with Crippen LogP contribution in [0.5, 0.6) is 0 Å². The van der Waals surface area contributed by atoms with Crippen molar-refractivity contribution in [2.75, 3.05) is 33.4 Å². The summed E-state index contributed by atoms with van der Waals surface area (Å²) in [6.45, 7) is 7.99. The molecule has 1 atom stereocenters. The molecule has 3 rings (SSSR count). The molecule has 1 saturated heterocycles. The average molecular weight is 389 g/mol. The first-order valence-corrected chi connectivity index (χ1v) is 10.9. The van der Waals surface area contributed by atoms with Crippen LogP contribution in [0.15, 0.2) is 24.3 Å². The Hall–Kier alpha value is -1.43. The zero-order chi connectivity index (χ0) is 19.2. The van der Waals surface area contributed by atoms with Gasteiger partial charge in [-0.15, -0.1) is 11.3 Å². The summed E-state index contributed by atoms with van der Waals surface area (Å²) in [5, 5.41) is 4.26. The molecule has 0 radical (unpaired) electrons. The number of likely N-dealkylation sites (tertiary alicyclic amines) is 1. The molecule has 27 heavy (non-hydrogen) atoms.